The standard InChI is InChI=1S/C17H11BrF2O2/c1-9(18)17-14(10-5-2-3-6-11(10)19)16(21)15-12(20)7-4-8-13(15)22-17/h2-9H,1H3. The highest BCUT2D eigenvalue weighted by Gasteiger charge is 2.22. The normalized spacial score (nSPS) is 12.5. The molecule has 0 saturated carbocycles. The molecular formula is C17H11BrF2O2. The molecule has 1 heterocycles. The molecule has 1 aromatic heterocycles. The summed E-state index contributed by atoms with van der Waals surface area (Å²) in [7, 11) is 0. The molecule has 3 rings (SSSR count). The Balaban J connectivity index is 2.50. The van der Waals surface area contributed by atoms with Gasteiger partial charge in [-0.2, -0.15) is 0 Å². The first-order valence-electron chi connectivity index (χ1n) is 6.65. The van der Waals surface area contributed by atoms with Crippen molar-refractivity contribution in [3.8, 4) is 11.1 Å². The van der Waals surface area contributed by atoms with Gasteiger partial charge in [-0.1, -0.05) is 40.2 Å². The monoisotopic (exact) mass is 364 g/mol. The molecule has 0 fully saturated rings. The van der Waals surface area contributed by atoms with Crippen molar-refractivity contribution in [2.75, 3.05) is 0 Å². The van der Waals surface area contributed by atoms with Gasteiger partial charge in [0, 0.05) is 5.56 Å². The Hall–Kier alpha value is -2.01. The van der Waals surface area contributed by atoms with Gasteiger partial charge in [0.1, 0.15) is 28.4 Å². The summed E-state index contributed by atoms with van der Waals surface area (Å²) in [6.07, 6.45) is 0. The molecule has 2 aromatic carbocycles. The van der Waals surface area contributed by atoms with E-state index < -0.39 is 17.1 Å². The van der Waals surface area contributed by atoms with Gasteiger partial charge < -0.3 is 4.42 Å². The lowest BCUT2D eigenvalue weighted by Crippen LogP contribution is -2.11. The number of hydrogen-bond donors (Lipinski definition) is 0. The van der Waals surface area contributed by atoms with Crippen LogP contribution >= 0.6 is 15.9 Å². The number of fused-ring (bicyclic) bond motifs is 1. The molecule has 22 heavy (non-hydrogen) atoms. The van der Waals surface area contributed by atoms with Crippen LogP contribution in [0.3, 0.4) is 0 Å². The molecule has 0 aliphatic carbocycles. The molecule has 0 saturated heterocycles. The molecule has 0 radical (unpaired) electrons. The Morgan fingerprint density at radius 1 is 1.05 bits per heavy atom. The molecule has 0 aliphatic rings. The average molecular weight is 365 g/mol. The molecule has 0 spiro atoms. The summed E-state index contributed by atoms with van der Waals surface area (Å²) < 4.78 is 33.8. The van der Waals surface area contributed by atoms with Gasteiger partial charge in [-0.3, -0.25) is 4.79 Å². The largest absolute Gasteiger partial charge is 0.459 e. The molecule has 1 unspecified atom stereocenters. The fraction of sp³-hybridized carbons (Fsp3) is 0.118. The van der Waals surface area contributed by atoms with E-state index in [-0.39, 0.29) is 32.7 Å². The molecule has 2 nitrogen and oxygen atoms in total. The average Bonchev–Trinajstić information content (AvgIpc) is 2.48. The quantitative estimate of drug-likeness (QED) is 0.585. The topological polar surface area (TPSA) is 30.2 Å². The van der Waals surface area contributed by atoms with Crippen LogP contribution in [0.1, 0.15) is 17.5 Å². The number of rotatable bonds is 2. The summed E-state index contributed by atoms with van der Waals surface area (Å²) in [5.74, 6) is -0.967. The van der Waals surface area contributed by atoms with Crippen LogP contribution in [0.15, 0.2) is 51.7 Å². The van der Waals surface area contributed by atoms with E-state index in [0.29, 0.717) is 0 Å². The summed E-state index contributed by atoms with van der Waals surface area (Å²) in [6, 6.07) is 10.0. The summed E-state index contributed by atoms with van der Waals surface area (Å²) >= 11 is 3.34. The Labute approximate surface area is 133 Å². The van der Waals surface area contributed by atoms with Crippen LogP contribution in [0.5, 0.6) is 0 Å². The van der Waals surface area contributed by atoms with Gasteiger partial charge in [-0.05, 0) is 25.1 Å². The summed E-state index contributed by atoms with van der Waals surface area (Å²) in [6.45, 7) is 1.76. The molecular weight excluding hydrogens is 354 g/mol. The van der Waals surface area contributed by atoms with Crippen molar-refractivity contribution in [2.45, 2.75) is 11.8 Å². The van der Waals surface area contributed by atoms with Gasteiger partial charge in [-0.15, -0.1) is 0 Å². The van der Waals surface area contributed by atoms with E-state index in [2.05, 4.69) is 15.9 Å². The fourth-order valence-electron chi connectivity index (χ4n) is 2.42. The Kier molecular flexibility index (Phi) is 3.83. The second kappa shape index (κ2) is 5.65. The molecule has 3 aromatic rings. The van der Waals surface area contributed by atoms with Crippen molar-refractivity contribution < 1.29 is 13.2 Å². The third kappa shape index (κ3) is 2.35. The van der Waals surface area contributed by atoms with Crippen LogP contribution in [0.4, 0.5) is 8.78 Å². The van der Waals surface area contributed by atoms with Gasteiger partial charge in [0.05, 0.1) is 10.4 Å². The van der Waals surface area contributed by atoms with E-state index in [1.165, 1.54) is 36.4 Å². The third-order valence-corrected chi connectivity index (χ3v) is 3.82. The molecule has 0 amide bonds. The molecule has 0 bridgehead atoms. The highest BCUT2D eigenvalue weighted by atomic mass is 79.9. The summed E-state index contributed by atoms with van der Waals surface area (Å²) in [5, 5.41) is -0.169. The van der Waals surface area contributed by atoms with Crippen LogP contribution in [0.2, 0.25) is 0 Å². The van der Waals surface area contributed by atoms with Crippen molar-refractivity contribution in [3.05, 3.63) is 70.1 Å². The minimum atomic E-state index is -0.683. The predicted molar refractivity (Wildman–Crippen MR) is 85.2 cm³/mol. The first-order chi connectivity index (χ1) is 10.5. The highest BCUT2D eigenvalue weighted by molar-refractivity contribution is 9.09. The first kappa shape index (κ1) is 14.9. The lowest BCUT2D eigenvalue weighted by atomic mass is 10.0. The van der Waals surface area contributed by atoms with Crippen molar-refractivity contribution >= 4 is 26.9 Å². The second-order valence-electron chi connectivity index (χ2n) is 4.88. The van der Waals surface area contributed by atoms with E-state index in [1.54, 1.807) is 13.0 Å². The lowest BCUT2D eigenvalue weighted by Gasteiger charge is -2.12. The van der Waals surface area contributed by atoms with E-state index in [4.69, 9.17) is 4.42 Å². The van der Waals surface area contributed by atoms with E-state index in [1.807, 2.05) is 0 Å². The van der Waals surface area contributed by atoms with Crippen molar-refractivity contribution in [1.29, 1.82) is 0 Å². The van der Waals surface area contributed by atoms with Gasteiger partial charge >= 0.3 is 0 Å². The maximum Gasteiger partial charge on any atom is 0.203 e. The maximum atomic E-state index is 14.1. The van der Waals surface area contributed by atoms with Gasteiger partial charge in [0.2, 0.25) is 5.43 Å². The van der Waals surface area contributed by atoms with Gasteiger partial charge in [-0.25, -0.2) is 8.78 Å². The Bertz CT molecular complexity index is 916. The Morgan fingerprint density at radius 3 is 2.41 bits per heavy atom. The van der Waals surface area contributed by atoms with Crippen molar-refractivity contribution in [2.24, 2.45) is 0 Å². The zero-order valence-electron chi connectivity index (χ0n) is 11.6. The van der Waals surface area contributed by atoms with Crippen LogP contribution < -0.4 is 5.43 Å². The smallest absolute Gasteiger partial charge is 0.203 e. The molecule has 0 aliphatic heterocycles. The molecule has 5 heteroatoms. The van der Waals surface area contributed by atoms with E-state index in [0.717, 1.165) is 0 Å². The number of benzene rings is 2. The maximum absolute atomic E-state index is 14.1. The number of hydrogen-bond acceptors (Lipinski definition) is 2. The highest BCUT2D eigenvalue weighted by Crippen LogP contribution is 2.34. The number of alkyl halides is 1. The van der Waals surface area contributed by atoms with Crippen LogP contribution in [-0.4, -0.2) is 0 Å². The predicted octanol–water partition coefficient (Wildman–Crippen LogP) is 5.19. The van der Waals surface area contributed by atoms with Crippen molar-refractivity contribution in [3.63, 3.8) is 0 Å². The lowest BCUT2D eigenvalue weighted by molar-refractivity contribution is 0.539. The minimum Gasteiger partial charge on any atom is -0.459 e. The third-order valence-electron chi connectivity index (χ3n) is 3.40. The zero-order valence-corrected chi connectivity index (χ0v) is 13.2. The molecule has 112 valence electrons. The van der Waals surface area contributed by atoms with E-state index in [9.17, 15) is 13.6 Å². The van der Waals surface area contributed by atoms with Gasteiger partial charge in [0.15, 0.2) is 0 Å². The van der Waals surface area contributed by atoms with Gasteiger partial charge in [0.25, 0.3) is 0 Å². The SMILES string of the molecule is CC(Br)c1oc2cccc(F)c2c(=O)c1-c1ccccc1F. The van der Waals surface area contributed by atoms with Crippen LogP contribution in [0.25, 0.3) is 22.1 Å². The molecule has 1 atom stereocenters. The number of halogens is 3. The second-order valence-corrected chi connectivity index (χ2v) is 6.25. The first-order valence-corrected chi connectivity index (χ1v) is 7.56. The Morgan fingerprint density at radius 2 is 1.73 bits per heavy atom. The van der Waals surface area contributed by atoms with Crippen molar-refractivity contribution in [1.82, 2.24) is 0 Å². The summed E-state index contributed by atoms with van der Waals surface area (Å²) in [5.41, 5.74) is -0.292. The fourth-order valence-corrected chi connectivity index (χ4v) is 2.74. The molecule has 0 N–H and O–H groups in total. The minimum absolute atomic E-state index is 0.0417. The zero-order chi connectivity index (χ0) is 15.9. The van der Waals surface area contributed by atoms with E-state index >= 15 is 0 Å². The van der Waals surface area contributed by atoms with Crippen LogP contribution in [-0.2, 0) is 0 Å². The summed E-state index contributed by atoms with van der Waals surface area (Å²) in [4.78, 5) is 12.4. The van der Waals surface area contributed by atoms with Crippen LogP contribution in [0, 0.1) is 11.6 Å².